The maximum Gasteiger partial charge on any atom is 0.338 e. The number of hydrogen-bond donors (Lipinski definition) is 0. The van der Waals surface area contributed by atoms with E-state index in [0.29, 0.717) is 5.56 Å². The average Bonchev–Trinajstić information content (AvgIpc) is 2.26. The van der Waals surface area contributed by atoms with Crippen molar-refractivity contribution in [2.45, 2.75) is 0 Å². The minimum Gasteiger partial charge on any atom is -0.465 e. The number of halogens is 2. The van der Waals surface area contributed by atoms with Gasteiger partial charge >= 0.3 is 5.97 Å². The van der Waals surface area contributed by atoms with Crippen LogP contribution in [0.2, 0.25) is 0 Å². The zero-order valence-corrected chi connectivity index (χ0v) is 10.6. The number of hydrogen-bond acceptors (Lipinski definition) is 2. The first-order valence-corrected chi connectivity index (χ1v) is 5.66. The monoisotopic (exact) mass is 318 g/mol. The summed E-state index contributed by atoms with van der Waals surface area (Å²) < 4.78 is 4.67. The van der Waals surface area contributed by atoms with E-state index in [9.17, 15) is 4.79 Å². The summed E-state index contributed by atoms with van der Waals surface area (Å²) in [6, 6.07) is 5.42. The third-order valence-corrected chi connectivity index (χ3v) is 2.72. The summed E-state index contributed by atoms with van der Waals surface area (Å²) >= 11 is 6.46. The highest BCUT2D eigenvalue weighted by Crippen LogP contribution is 1.94. The summed E-state index contributed by atoms with van der Waals surface area (Å²) in [5.74, 6) is -0.341. The number of esters is 1. The van der Waals surface area contributed by atoms with E-state index >= 15 is 0 Å². The molecule has 1 rings (SSSR count). The van der Waals surface area contributed by atoms with Crippen LogP contribution in [0.5, 0.6) is 0 Å². The third kappa shape index (κ3) is 2.25. The van der Waals surface area contributed by atoms with Crippen molar-refractivity contribution in [3.8, 4) is 0 Å². The van der Waals surface area contributed by atoms with E-state index in [1.807, 2.05) is 6.07 Å². The molecule has 0 amide bonds. The van der Waals surface area contributed by atoms with Gasteiger partial charge in [0.1, 0.15) is 0 Å². The highest BCUT2D eigenvalue weighted by molar-refractivity contribution is 9.14. The molecule has 0 saturated heterocycles. The van der Waals surface area contributed by atoms with Crippen molar-refractivity contribution in [3.63, 3.8) is 0 Å². The molecular weight excluding hydrogens is 312 g/mol. The molecule has 0 N–H and O–H groups in total. The molecule has 0 aliphatic heterocycles. The van der Waals surface area contributed by atoms with Gasteiger partial charge in [-0.25, -0.2) is 4.79 Å². The summed E-state index contributed by atoms with van der Waals surface area (Å²) in [6.07, 6.45) is 0. The fourth-order valence-electron chi connectivity index (χ4n) is 1.09. The van der Waals surface area contributed by atoms with Crippen LogP contribution in [0.4, 0.5) is 0 Å². The Labute approximate surface area is 98.5 Å². The lowest BCUT2D eigenvalue weighted by atomic mass is 10.1. The fraction of sp³-hybridized carbons (Fsp3) is 0.100. The molecule has 74 valence electrons. The minimum atomic E-state index is -0.341. The van der Waals surface area contributed by atoms with E-state index in [-0.39, 0.29) is 5.97 Å². The molecule has 0 aliphatic rings. The Morgan fingerprint density at radius 3 is 2.57 bits per heavy atom. The molecule has 2 nitrogen and oxygen atoms in total. The Bertz CT molecular complexity index is 452. The van der Waals surface area contributed by atoms with E-state index in [1.165, 1.54) is 7.11 Å². The van der Waals surface area contributed by atoms with E-state index in [4.69, 9.17) is 0 Å². The van der Waals surface area contributed by atoms with Gasteiger partial charge in [-0.3, -0.25) is 0 Å². The Balaban J connectivity index is 3.55. The Morgan fingerprint density at radius 1 is 1.36 bits per heavy atom. The molecule has 0 aromatic heterocycles. The Hall–Kier alpha value is -0.610. The van der Waals surface area contributed by atoms with Gasteiger partial charge in [-0.05, 0) is 21.3 Å². The summed E-state index contributed by atoms with van der Waals surface area (Å²) in [5, 5.41) is 1.72. The van der Waals surface area contributed by atoms with Crippen LogP contribution in [-0.2, 0) is 4.74 Å². The van der Waals surface area contributed by atoms with Crippen LogP contribution in [0.3, 0.4) is 0 Å². The normalized spacial score (nSPS) is 13.1. The summed E-state index contributed by atoms with van der Waals surface area (Å²) in [4.78, 5) is 14.8. The maximum atomic E-state index is 11.4. The van der Waals surface area contributed by atoms with Crippen LogP contribution in [0.1, 0.15) is 10.4 Å². The predicted molar refractivity (Wildman–Crippen MR) is 63.8 cm³/mol. The Morgan fingerprint density at radius 2 is 2.07 bits per heavy atom. The van der Waals surface area contributed by atoms with Crippen molar-refractivity contribution in [2.75, 3.05) is 7.11 Å². The van der Waals surface area contributed by atoms with Gasteiger partial charge in [0.2, 0.25) is 0 Å². The van der Waals surface area contributed by atoms with Crippen molar-refractivity contribution in [3.05, 3.63) is 34.2 Å². The van der Waals surface area contributed by atoms with E-state index in [2.05, 4.69) is 36.6 Å². The van der Waals surface area contributed by atoms with Crippen molar-refractivity contribution in [1.29, 1.82) is 0 Å². The standard InChI is InChI=1S/C10H8Br2O2/c1-14-10(13)8-4-2-3-7(5-11)9(8)6-12/h2-6H,1H3. The number of ether oxygens (including phenoxy) is 1. The summed E-state index contributed by atoms with van der Waals surface area (Å²) in [6.45, 7) is 0. The molecule has 1 aromatic rings. The van der Waals surface area contributed by atoms with Crippen molar-refractivity contribution in [1.82, 2.24) is 0 Å². The largest absolute Gasteiger partial charge is 0.465 e. The highest BCUT2D eigenvalue weighted by Gasteiger charge is 2.06. The van der Waals surface area contributed by atoms with Gasteiger partial charge in [0, 0.05) is 5.22 Å². The van der Waals surface area contributed by atoms with Gasteiger partial charge in [0.05, 0.1) is 12.7 Å². The second-order valence-corrected chi connectivity index (χ2v) is 3.43. The summed E-state index contributed by atoms with van der Waals surface area (Å²) in [7, 11) is 1.37. The molecule has 0 aliphatic carbocycles. The zero-order chi connectivity index (χ0) is 10.6. The smallest absolute Gasteiger partial charge is 0.338 e. The van der Waals surface area contributed by atoms with Crippen molar-refractivity contribution < 1.29 is 9.53 Å². The molecule has 0 atom stereocenters. The molecule has 0 radical (unpaired) electrons. The molecule has 0 heterocycles. The first-order chi connectivity index (χ1) is 6.74. The molecule has 0 bridgehead atoms. The van der Waals surface area contributed by atoms with Crippen LogP contribution in [0.25, 0.3) is 9.97 Å². The average molecular weight is 320 g/mol. The lowest BCUT2D eigenvalue weighted by Gasteiger charge is -1.99. The molecule has 0 saturated carbocycles. The minimum absolute atomic E-state index is 0.341. The number of carbonyl (C=O) groups is 1. The highest BCUT2D eigenvalue weighted by atomic mass is 79.9. The topological polar surface area (TPSA) is 26.3 Å². The number of methoxy groups -OCH3 is 1. The molecule has 14 heavy (non-hydrogen) atoms. The lowest BCUT2D eigenvalue weighted by Crippen LogP contribution is -2.30. The van der Waals surface area contributed by atoms with Crippen LogP contribution in [0.15, 0.2) is 18.2 Å². The van der Waals surface area contributed by atoms with Crippen LogP contribution >= 0.6 is 31.9 Å². The molecule has 1 aromatic carbocycles. The molecule has 0 spiro atoms. The van der Waals surface area contributed by atoms with Gasteiger partial charge in [-0.2, -0.15) is 0 Å². The van der Waals surface area contributed by atoms with Gasteiger partial charge < -0.3 is 4.74 Å². The van der Waals surface area contributed by atoms with E-state index < -0.39 is 0 Å². The van der Waals surface area contributed by atoms with E-state index in [0.717, 1.165) is 10.4 Å². The van der Waals surface area contributed by atoms with Gasteiger partial charge in [0.25, 0.3) is 0 Å². The SMILES string of the molecule is COC(=O)c1cccc(=CBr)c1=CBr. The van der Waals surface area contributed by atoms with Crippen molar-refractivity contribution in [2.24, 2.45) is 0 Å². The van der Waals surface area contributed by atoms with Gasteiger partial charge in [0.15, 0.2) is 0 Å². The Kier molecular flexibility index (Phi) is 4.35. The fourth-order valence-corrected chi connectivity index (χ4v) is 2.00. The van der Waals surface area contributed by atoms with Crippen LogP contribution in [0, 0.1) is 0 Å². The zero-order valence-electron chi connectivity index (χ0n) is 7.46. The number of carbonyl (C=O) groups excluding carboxylic acids is 1. The first kappa shape index (κ1) is 11.5. The maximum absolute atomic E-state index is 11.4. The third-order valence-electron chi connectivity index (χ3n) is 1.77. The molecular formula is C10H8Br2O2. The van der Waals surface area contributed by atoms with Crippen molar-refractivity contribution >= 4 is 47.8 Å². The van der Waals surface area contributed by atoms with Crippen LogP contribution < -0.4 is 10.4 Å². The van der Waals surface area contributed by atoms with Gasteiger partial charge in [-0.15, -0.1) is 0 Å². The predicted octanol–water partition coefficient (Wildman–Crippen LogP) is 1.74. The van der Waals surface area contributed by atoms with E-state index in [1.54, 1.807) is 22.1 Å². The second kappa shape index (κ2) is 5.32. The summed E-state index contributed by atoms with van der Waals surface area (Å²) in [5.41, 5.74) is 0.539. The van der Waals surface area contributed by atoms with Crippen LogP contribution in [-0.4, -0.2) is 13.1 Å². The number of benzene rings is 1. The quantitative estimate of drug-likeness (QED) is 0.737. The molecule has 0 unspecified atom stereocenters. The second-order valence-electron chi connectivity index (χ2n) is 2.52. The van der Waals surface area contributed by atoms with Gasteiger partial charge in [-0.1, -0.05) is 44.0 Å². The number of rotatable bonds is 1. The molecule has 4 heteroatoms. The molecule has 0 fully saturated rings. The lowest BCUT2D eigenvalue weighted by molar-refractivity contribution is 0.0599. The first-order valence-electron chi connectivity index (χ1n) is 3.82.